The lowest BCUT2D eigenvalue weighted by Gasteiger charge is -2.23. The van der Waals surface area contributed by atoms with E-state index < -0.39 is 6.04 Å². The third-order valence-corrected chi connectivity index (χ3v) is 5.74. The molecular formula is C17H23N3O2S. The summed E-state index contributed by atoms with van der Waals surface area (Å²) in [6.45, 7) is 0.694. The molecule has 0 unspecified atom stereocenters. The van der Waals surface area contributed by atoms with E-state index in [1.54, 1.807) is 0 Å². The Labute approximate surface area is 141 Å². The van der Waals surface area contributed by atoms with Crippen LogP contribution < -0.4 is 16.0 Å². The number of hydrogen-bond donors (Lipinski definition) is 3. The van der Waals surface area contributed by atoms with Crippen LogP contribution in [-0.2, 0) is 4.79 Å². The minimum Gasteiger partial charge on any atom is -0.354 e. The van der Waals surface area contributed by atoms with E-state index in [-0.39, 0.29) is 11.9 Å². The fourth-order valence-corrected chi connectivity index (χ4v) is 4.42. The Balaban J connectivity index is 1.60. The van der Waals surface area contributed by atoms with Gasteiger partial charge in [0.15, 0.2) is 0 Å². The van der Waals surface area contributed by atoms with Gasteiger partial charge in [-0.25, -0.2) is 4.79 Å². The van der Waals surface area contributed by atoms with Crippen LogP contribution in [0.5, 0.6) is 0 Å². The molecule has 3 rings (SSSR count). The van der Waals surface area contributed by atoms with Crippen molar-refractivity contribution in [1.82, 2.24) is 10.6 Å². The molecule has 1 atom stereocenters. The Bertz CT molecular complexity index is 573. The summed E-state index contributed by atoms with van der Waals surface area (Å²) in [6, 6.07) is 7.13. The van der Waals surface area contributed by atoms with Gasteiger partial charge in [-0.1, -0.05) is 25.0 Å². The maximum atomic E-state index is 12.2. The van der Waals surface area contributed by atoms with Crippen molar-refractivity contribution in [3.05, 3.63) is 24.3 Å². The normalized spacial score (nSPS) is 21.7. The predicted molar refractivity (Wildman–Crippen MR) is 92.7 cm³/mol. The van der Waals surface area contributed by atoms with Gasteiger partial charge in [0.1, 0.15) is 6.04 Å². The highest BCUT2D eigenvalue weighted by Gasteiger charge is 2.24. The third kappa shape index (κ3) is 4.41. The van der Waals surface area contributed by atoms with E-state index in [0.29, 0.717) is 18.2 Å². The van der Waals surface area contributed by atoms with Crippen molar-refractivity contribution >= 4 is 29.4 Å². The summed E-state index contributed by atoms with van der Waals surface area (Å²) in [5.74, 6) is -0.0972. The second-order valence-corrected chi connectivity index (χ2v) is 7.45. The van der Waals surface area contributed by atoms with Crippen LogP contribution in [-0.4, -0.2) is 29.8 Å². The number of nitrogens with one attached hydrogen (secondary N) is 3. The van der Waals surface area contributed by atoms with Crippen molar-refractivity contribution in [3.8, 4) is 0 Å². The first-order chi connectivity index (χ1) is 11.2. The smallest absolute Gasteiger partial charge is 0.319 e. The molecule has 124 valence electrons. The first kappa shape index (κ1) is 16.2. The monoisotopic (exact) mass is 333 g/mol. The van der Waals surface area contributed by atoms with Gasteiger partial charge in [0.05, 0.1) is 5.69 Å². The van der Waals surface area contributed by atoms with Crippen molar-refractivity contribution in [1.29, 1.82) is 0 Å². The van der Waals surface area contributed by atoms with Crippen molar-refractivity contribution in [3.63, 3.8) is 0 Å². The minimum atomic E-state index is -0.432. The minimum absolute atomic E-state index is 0.0972. The van der Waals surface area contributed by atoms with Gasteiger partial charge in [0.25, 0.3) is 0 Å². The fraction of sp³-hybridized carbons (Fsp3) is 0.529. The number of rotatable bonds is 4. The van der Waals surface area contributed by atoms with E-state index in [1.165, 1.54) is 25.7 Å². The standard InChI is InChI=1S/C17H23N3O2S/c21-16-14(9-5-11-18-16)20-17(22)19-13-8-3-4-10-15(13)23-12-6-1-2-7-12/h3-4,8,10,12,14H,1-2,5-7,9,11H2,(H,18,21)(H2,19,20,22)/t14-/m1/s1. The molecule has 2 aliphatic rings. The second-order valence-electron chi connectivity index (χ2n) is 6.10. The molecule has 3 amide bonds. The number of anilines is 1. The molecule has 0 spiro atoms. The summed E-state index contributed by atoms with van der Waals surface area (Å²) < 4.78 is 0. The SMILES string of the molecule is O=C(Nc1ccccc1SC1CCCC1)N[C@@H]1CCCNC1=O. The number of amides is 3. The number of thioether (sulfide) groups is 1. The topological polar surface area (TPSA) is 70.2 Å². The third-order valence-electron chi connectivity index (χ3n) is 4.32. The highest BCUT2D eigenvalue weighted by molar-refractivity contribution is 8.00. The predicted octanol–water partition coefficient (Wildman–Crippen LogP) is 3.12. The van der Waals surface area contributed by atoms with Gasteiger partial charge in [0.2, 0.25) is 5.91 Å². The zero-order chi connectivity index (χ0) is 16.1. The molecule has 0 aromatic heterocycles. The van der Waals surface area contributed by atoms with E-state index in [4.69, 9.17) is 0 Å². The molecule has 1 saturated heterocycles. The number of benzene rings is 1. The van der Waals surface area contributed by atoms with Gasteiger partial charge >= 0.3 is 6.03 Å². The summed E-state index contributed by atoms with van der Waals surface area (Å²) in [6.07, 6.45) is 6.67. The Kier molecular flexibility index (Phi) is 5.43. The maximum absolute atomic E-state index is 12.2. The zero-order valence-corrected chi connectivity index (χ0v) is 14.0. The molecule has 1 aliphatic heterocycles. The van der Waals surface area contributed by atoms with Crippen molar-refractivity contribution < 1.29 is 9.59 Å². The van der Waals surface area contributed by atoms with Crippen LogP contribution in [0.1, 0.15) is 38.5 Å². The molecule has 1 heterocycles. The molecule has 1 aliphatic carbocycles. The van der Waals surface area contributed by atoms with Crippen molar-refractivity contribution in [2.45, 2.75) is 54.7 Å². The van der Waals surface area contributed by atoms with Crippen molar-refractivity contribution in [2.24, 2.45) is 0 Å². The van der Waals surface area contributed by atoms with E-state index >= 15 is 0 Å². The quantitative estimate of drug-likeness (QED) is 0.793. The Hall–Kier alpha value is -1.69. The second kappa shape index (κ2) is 7.73. The summed E-state index contributed by atoms with van der Waals surface area (Å²) in [5, 5.41) is 9.09. The molecule has 1 saturated carbocycles. The van der Waals surface area contributed by atoms with Crippen LogP contribution in [0, 0.1) is 0 Å². The van der Waals surface area contributed by atoms with E-state index in [9.17, 15) is 9.59 Å². The van der Waals surface area contributed by atoms with Crippen LogP contribution in [0.4, 0.5) is 10.5 Å². The van der Waals surface area contributed by atoms with Gasteiger partial charge in [-0.15, -0.1) is 11.8 Å². The van der Waals surface area contributed by atoms with Crippen LogP contribution >= 0.6 is 11.8 Å². The molecule has 1 aromatic carbocycles. The first-order valence-electron chi connectivity index (χ1n) is 8.33. The highest BCUT2D eigenvalue weighted by Crippen LogP contribution is 2.37. The molecule has 2 fully saturated rings. The first-order valence-corrected chi connectivity index (χ1v) is 9.21. The number of carbonyl (C=O) groups excluding carboxylic acids is 2. The van der Waals surface area contributed by atoms with Gasteiger partial charge in [-0.2, -0.15) is 0 Å². The Morgan fingerprint density at radius 3 is 2.70 bits per heavy atom. The molecule has 6 heteroatoms. The Morgan fingerprint density at radius 1 is 1.13 bits per heavy atom. The maximum Gasteiger partial charge on any atom is 0.319 e. The lowest BCUT2D eigenvalue weighted by Crippen LogP contribution is -2.51. The van der Waals surface area contributed by atoms with Crippen molar-refractivity contribution in [2.75, 3.05) is 11.9 Å². The number of hydrogen-bond acceptors (Lipinski definition) is 3. The lowest BCUT2D eigenvalue weighted by molar-refractivity contribution is -0.124. The average molecular weight is 333 g/mol. The summed E-state index contributed by atoms with van der Waals surface area (Å²) in [7, 11) is 0. The molecule has 1 aromatic rings. The molecule has 3 N–H and O–H groups in total. The lowest BCUT2D eigenvalue weighted by atomic mass is 10.1. The van der Waals surface area contributed by atoms with Gasteiger partial charge in [-0.3, -0.25) is 4.79 Å². The summed E-state index contributed by atoms with van der Waals surface area (Å²) in [4.78, 5) is 25.0. The Morgan fingerprint density at radius 2 is 1.91 bits per heavy atom. The van der Waals surface area contributed by atoms with E-state index in [1.807, 2.05) is 36.0 Å². The van der Waals surface area contributed by atoms with E-state index in [2.05, 4.69) is 16.0 Å². The molecule has 0 radical (unpaired) electrons. The molecule has 23 heavy (non-hydrogen) atoms. The zero-order valence-electron chi connectivity index (χ0n) is 13.1. The van der Waals surface area contributed by atoms with Crippen LogP contribution in [0.25, 0.3) is 0 Å². The van der Waals surface area contributed by atoms with Gasteiger partial charge in [-0.05, 0) is 37.8 Å². The number of carbonyl (C=O) groups is 2. The highest BCUT2D eigenvalue weighted by atomic mass is 32.2. The molecular weight excluding hydrogens is 310 g/mol. The largest absolute Gasteiger partial charge is 0.354 e. The average Bonchev–Trinajstić information content (AvgIpc) is 3.05. The number of piperidine rings is 1. The summed E-state index contributed by atoms with van der Waals surface area (Å²) in [5.41, 5.74) is 0.818. The van der Waals surface area contributed by atoms with Gasteiger partial charge in [0, 0.05) is 16.7 Å². The van der Waals surface area contributed by atoms with Crippen LogP contribution in [0.15, 0.2) is 29.2 Å². The fourth-order valence-electron chi connectivity index (χ4n) is 3.08. The number of urea groups is 1. The van der Waals surface area contributed by atoms with Crippen LogP contribution in [0.2, 0.25) is 0 Å². The van der Waals surface area contributed by atoms with Crippen LogP contribution in [0.3, 0.4) is 0 Å². The number of para-hydroxylation sites is 1. The molecule has 5 nitrogen and oxygen atoms in total. The van der Waals surface area contributed by atoms with Gasteiger partial charge < -0.3 is 16.0 Å². The molecule has 0 bridgehead atoms. The summed E-state index contributed by atoms with van der Waals surface area (Å²) >= 11 is 1.84. The van der Waals surface area contributed by atoms with E-state index in [0.717, 1.165) is 17.0 Å².